The second-order valence-electron chi connectivity index (χ2n) is 4.13. The highest BCUT2D eigenvalue weighted by molar-refractivity contribution is 5.89. The van der Waals surface area contributed by atoms with Gasteiger partial charge in [-0.25, -0.2) is 4.68 Å². The highest BCUT2D eigenvalue weighted by atomic mass is 16.4. The zero-order valence-corrected chi connectivity index (χ0v) is 10.8. The Bertz CT molecular complexity index is 638. The average molecular weight is 275 g/mol. The number of carbonyl (C=O) groups excluding carboxylic acids is 1. The predicted molar refractivity (Wildman–Crippen MR) is 69.8 cm³/mol. The van der Waals surface area contributed by atoms with Gasteiger partial charge in [-0.15, -0.1) is 5.10 Å². The Morgan fingerprint density at radius 1 is 1.40 bits per heavy atom. The molecule has 0 fully saturated rings. The number of nitrogens with zero attached hydrogens (tertiary/aromatic N) is 4. The number of rotatable bonds is 5. The lowest BCUT2D eigenvalue weighted by Crippen LogP contribution is -2.08. The number of hydrogen-bond acceptors (Lipinski definition) is 5. The molecular weight excluding hydrogens is 262 g/mol. The standard InChI is InChI=1S/C12H13N5O3/c1-8(18)13-10-4-2-3-9(7-10)12-14-15-16-17(12)6-5-11(19)20/h2-4,7H,5-6H2,1H3,(H,13,18)(H,19,20). The lowest BCUT2D eigenvalue weighted by atomic mass is 10.2. The van der Waals surface area contributed by atoms with Gasteiger partial charge in [0, 0.05) is 18.2 Å². The molecule has 1 aromatic heterocycles. The van der Waals surface area contributed by atoms with Gasteiger partial charge in [0.1, 0.15) is 0 Å². The average Bonchev–Trinajstić information content (AvgIpc) is 2.84. The first kappa shape index (κ1) is 13.7. The quantitative estimate of drug-likeness (QED) is 0.834. The summed E-state index contributed by atoms with van der Waals surface area (Å²) < 4.78 is 1.42. The molecule has 0 saturated heterocycles. The number of benzene rings is 1. The van der Waals surface area contributed by atoms with E-state index in [0.717, 1.165) is 0 Å². The normalized spacial score (nSPS) is 10.2. The molecule has 104 valence electrons. The molecule has 8 heteroatoms. The van der Waals surface area contributed by atoms with Gasteiger partial charge in [-0.2, -0.15) is 0 Å². The second-order valence-corrected chi connectivity index (χ2v) is 4.13. The summed E-state index contributed by atoms with van der Waals surface area (Å²) >= 11 is 0. The number of tetrazole rings is 1. The van der Waals surface area contributed by atoms with E-state index < -0.39 is 5.97 Å². The Morgan fingerprint density at radius 2 is 2.20 bits per heavy atom. The van der Waals surface area contributed by atoms with Crippen LogP contribution in [0.15, 0.2) is 24.3 Å². The number of aromatic nitrogens is 4. The van der Waals surface area contributed by atoms with Crippen molar-refractivity contribution in [2.24, 2.45) is 0 Å². The van der Waals surface area contributed by atoms with E-state index in [1.165, 1.54) is 11.6 Å². The third-order valence-electron chi connectivity index (χ3n) is 2.51. The van der Waals surface area contributed by atoms with Gasteiger partial charge in [0.2, 0.25) is 5.91 Å². The number of amides is 1. The maximum atomic E-state index is 11.0. The van der Waals surface area contributed by atoms with E-state index in [1.54, 1.807) is 24.3 Å². The fourth-order valence-electron chi connectivity index (χ4n) is 1.70. The molecule has 2 aromatic rings. The Morgan fingerprint density at radius 3 is 2.90 bits per heavy atom. The van der Waals surface area contributed by atoms with E-state index in [-0.39, 0.29) is 18.9 Å². The van der Waals surface area contributed by atoms with Crippen molar-refractivity contribution >= 4 is 17.6 Å². The van der Waals surface area contributed by atoms with Gasteiger partial charge in [0.05, 0.1) is 13.0 Å². The van der Waals surface area contributed by atoms with Gasteiger partial charge in [-0.1, -0.05) is 12.1 Å². The van der Waals surface area contributed by atoms with Crippen LogP contribution in [0, 0.1) is 0 Å². The number of anilines is 1. The van der Waals surface area contributed by atoms with E-state index in [9.17, 15) is 9.59 Å². The smallest absolute Gasteiger partial charge is 0.305 e. The summed E-state index contributed by atoms with van der Waals surface area (Å²) in [6, 6.07) is 7.02. The van der Waals surface area contributed by atoms with Gasteiger partial charge in [-0.05, 0) is 22.6 Å². The van der Waals surface area contributed by atoms with Crippen LogP contribution in [0.3, 0.4) is 0 Å². The largest absolute Gasteiger partial charge is 0.481 e. The molecule has 1 heterocycles. The predicted octanol–water partition coefficient (Wildman–Crippen LogP) is 0.773. The third-order valence-corrected chi connectivity index (χ3v) is 2.51. The molecule has 0 bridgehead atoms. The topological polar surface area (TPSA) is 110 Å². The van der Waals surface area contributed by atoms with Crippen molar-refractivity contribution in [2.45, 2.75) is 19.9 Å². The Labute approximate surface area is 114 Å². The number of aryl methyl sites for hydroxylation is 1. The number of hydrogen-bond donors (Lipinski definition) is 2. The second kappa shape index (κ2) is 5.91. The van der Waals surface area contributed by atoms with E-state index in [0.29, 0.717) is 17.1 Å². The van der Waals surface area contributed by atoms with Gasteiger partial charge < -0.3 is 10.4 Å². The maximum absolute atomic E-state index is 11.0. The molecule has 0 spiro atoms. The number of nitrogens with one attached hydrogen (secondary N) is 1. The zero-order valence-electron chi connectivity index (χ0n) is 10.8. The van der Waals surface area contributed by atoms with Gasteiger partial charge in [0.25, 0.3) is 0 Å². The van der Waals surface area contributed by atoms with Crippen LogP contribution >= 0.6 is 0 Å². The molecule has 0 aliphatic carbocycles. The summed E-state index contributed by atoms with van der Waals surface area (Å²) in [4.78, 5) is 21.6. The van der Waals surface area contributed by atoms with Crippen molar-refractivity contribution in [2.75, 3.05) is 5.32 Å². The van der Waals surface area contributed by atoms with Gasteiger partial charge >= 0.3 is 5.97 Å². The minimum atomic E-state index is -0.918. The highest BCUT2D eigenvalue weighted by Crippen LogP contribution is 2.20. The van der Waals surface area contributed by atoms with Gasteiger partial charge in [-0.3, -0.25) is 9.59 Å². The molecule has 0 aliphatic heterocycles. The molecule has 2 rings (SSSR count). The van der Waals surface area contributed by atoms with E-state index >= 15 is 0 Å². The molecule has 0 atom stereocenters. The Kier molecular flexibility index (Phi) is 4.04. The van der Waals surface area contributed by atoms with Crippen molar-refractivity contribution in [1.29, 1.82) is 0 Å². The monoisotopic (exact) mass is 275 g/mol. The fraction of sp³-hybridized carbons (Fsp3) is 0.250. The number of carbonyl (C=O) groups is 2. The lowest BCUT2D eigenvalue weighted by Gasteiger charge is -2.06. The molecule has 1 amide bonds. The first-order valence-electron chi connectivity index (χ1n) is 5.92. The summed E-state index contributed by atoms with van der Waals surface area (Å²) in [5, 5.41) is 22.5. The van der Waals surface area contributed by atoms with Crippen molar-refractivity contribution in [1.82, 2.24) is 20.2 Å². The van der Waals surface area contributed by atoms with Crippen LogP contribution in [0.5, 0.6) is 0 Å². The van der Waals surface area contributed by atoms with Crippen LogP contribution in [0.25, 0.3) is 11.4 Å². The molecule has 0 saturated carbocycles. The summed E-state index contributed by atoms with van der Waals surface area (Å²) in [6.45, 7) is 1.60. The van der Waals surface area contributed by atoms with E-state index in [4.69, 9.17) is 5.11 Å². The molecule has 20 heavy (non-hydrogen) atoms. The molecule has 1 aromatic carbocycles. The SMILES string of the molecule is CC(=O)Nc1cccc(-c2nnnn2CCC(=O)O)c1. The number of carboxylic acid groups (broad SMARTS) is 1. The minimum absolute atomic E-state index is 0.0660. The molecule has 0 radical (unpaired) electrons. The van der Waals surface area contributed by atoms with Crippen LogP contribution in [0.2, 0.25) is 0 Å². The fourth-order valence-corrected chi connectivity index (χ4v) is 1.70. The minimum Gasteiger partial charge on any atom is -0.481 e. The van der Waals surface area contributed by atoms with Crippen LogP contribution < -0.4 is 5.32 Å². The first-order valence-corrected chi connectivity index (χ1v) is 5.92. The molecule has 0 aliphatic rings. The molecule has 2 N–H and O–H groups in total. The summed E-state index contributed by atoms with van der Waals surface area (Å²) in [5.41, 5.74) is 1.33. The van der Waals surface area contributed by atoms with E-state index in [1.807, 2.05) is 0 Å². The van der Waals surface area contributed by atoms with Gasteiger partial charge in [0.15, 0.2) is 5.82 Å². The summed E-state index contributed by atoms with van der Waals surface area (Å²) in [5.74, 6) is -0.635. The van der Waals surface area contributed by atoms with Crippen LogP contribution in [0.1, 0.15) is 13.3 Å². The van der Waals surface area contributed by atoms with E-state index in [2.05, 4.69) is 20.8 Å². The maximum Gasteiger partial charge on any atom is 0.305 e. The van der Waals surface area contributed by atoms with Crippen molar-refractivity contribution in [3.8, 4) is 11.4 Å². The lowest BCUT2D eigenvalue weighted by molar-refractivity contribution is -0.137. The molecule has 8 nitrogen and oxygen atoms in total. The molecular formula is C12H13N5O3. The van der Waals surface area contributed by atoms with Crippen molar-refractivity contribution < 1.29 is 14.7 Å². The number of carboxylic acids is 1. The van der Waals surface area contributed by atoms with Crippen molar-refractivity contribution in [3.05, 3.63) is 24.3 Å². The van der Waals surface area contributed by atoms with Crippen LogP contribution in [-0.2, 0) is 16.1 Å². The van der Waals surface area contributed by atoms with Crippen LogP contribution in [-0.4, -0.2) is 37.2 Å². The first-order chi connectivity index (χ1) is 9.56. The zero-order chi connectivity index (χ0) is 14.5. The van der Waals surface area contributed by atoms with Crippen molar-refractivity contribution in [3.63, 3.8) is 0 Å². The Balaban J connectivity index is 2.25. The molecule has 0 unspecified atom stereocenters. The third kappa shape index (κ3) is 3.37. The summed E-state index contributed by atoms with van der Waals surface area (Å²) in [6.07, 6.45) is -0.0660. The summed E-state index contributed by atoms with van der Waals surface area (Å²) in [7, 11) is 0. The van der Waals surface area contributed by atoms with Crippen LogP contribution in [0.4, 0.5) is 5.69 Å². The highest BCUT2D eigenvalue weighted by Gasteiger charge is 2.10. The number of aliphatic carboxylic acids is 1. The Hall–Kier alpha value is -2.77.